The van der Waals surface area contributed by atoms with E-state index in [-0.39, 0.29) is 38.7 Å². The van der Waals surface area contributed by atoms with Crippen LogP contribution in [-0.2, 0) is 18.6 Å². The van der Waals surface area contributed by atoms with Gasteiger partial charge in [-0.15, -0.1) is 11.5 Å². The monoisotopic (exact) mass is 320 g/mol. The second kappa shape index (κ2) is 6.09. The molecule has 5 aliphatic rings. The molecule has 0 aromatic heterocycles. The molecule has 2 aliphatic heterocycles. The van der Waals surface area contributed by atoms with Crippen LogP contribution in [-0.4, -0.2) is 38.7 Å². The van der Waals surface area contributed by atoms with E-state index in [1.54, 1.807) is 0 Å². The maximum absolute atomic E-state index is 6.14. The lowest BCUT2D eigenvalue weighted by Crippen LogP contribution is -2.33. The largest absolute Gasteiger partial charge is 0.502 e. The molecule has 24 heavy (non-hydrogen) atoms. The zero-order valence-electron chi connectivity index (χ0n) is 13.4. The second-order valence-corrected chi connectivity index (χ2v) is 6.77. The SMILES string of the molecule is C1=CC=CC=1B1O[C@H]2CC[C@H]3OB(C4=C=CC=C4)O[C@H]3CC[C@H]2O1. The molecule has 2 saturated heterocycles. The maximum atomic E-state index is 6.14. The molecule has 3 fully saturated rings. The summed E-state index contributed by atoms with van der Waals surface area (Å²) in [6.07, 6.45) is 16.0. The van der Waals surface area contributed by atoms with Gasteiger partial charge < -0.3 is 18.6 Å². The molecule has 2 heterocycles. The standard InChI is InChI=1S/C18H18B2O4/c1-2-6-13(5-1)19-21-15-9-11-17-18(12-10-16(15)22-19)24-20(23-17)14-7-3-4-8-14/h1-5,7,15-18H,9-12H2/t15-,16+,17+,18-. The van der Waals surface area contributed by atoms with Crippen LogP contribution < -0.4 is 0 Å². The van der Waals surface area contributed by atoms with Gasteiger partial charge in [0, 0.05) is 10.9 Å². The first-order valence-corrected chi connectivity index (χ1v) is 8.75. The fraction of sp³-hybridized carbons (Fsp3) is 0.444. The summed E-state index contributed by atoms with van der Waals surface area (Å²) in [6, 6.07) is 0. The van der Waals surface area contributed by atoms with Crippen LogP contribution >= 0.6 is 0 Å². The van der Waals surface area contributed by atoms with E-state index in [0.29, 0.717) is 0 Å². The highest BCUT2D eigenvalue weighted by molar-refractivity contribution is 6.56. The third-order valence-electron chi connectivity index (χ3n) is 5.25. The van der Waals surface area contributed by atoms with Crippen molar-refractivity contribution in [2.45, 2.75) is 50.1 Å². The number of hydrogen-bond acceptors (Lipinski definition) is 4. The molecule has 0 N–H and O–H groups in total. The van der Waals surface area contributed by atoms with Crippen molar-refractivity contribution in [3.63, 3.8) is 0 Å². The van der Waals surface area contributed by atoms with Crippen molar-refractivity contribution in [2.75, 3.05) is 0 Å². The molecule has 0 aromatic rings. The molecule has 0 bridgehead atoms. The Kier molecular flexibility index (Phi) is 3.76. The van der Waals surface area contributed by atoms with E-state index in [9.17, 15) is 0 Å². The lowest BCUT2D eigenvalue weighted by Gasteiger charge is -2.27. The fourth-order valence-electron chi connectivity index (χ4n) is 4.00. The molecular weight excluding hydrogens is 302 g/mol. The van der Waals surface area contributed by atoms with Crippen LogP contribution in [0.5, 0.6) is 0 Å². The summed E-state index contributed by atoms with van der Waals surface area (Å²) in [5.41, 5.74) is 8.33. The van der Waals surface area contributed by atoms with Crippen molar-refractivity contribution in [2.24, 2.45) is 0 Å². The van der Waals surface area contributed by atoms with E-state index in [1.165, 1.54) is 0 Å². The van der Waals surface area contributed by atoms with Crippen molar-refractivity contribution >= 4 is 14.2 Å². The number of allylic oxidation sites excluding steroid dienone is 6. The summed E-state index contributed by atoms with van der Waals surface area (Å²) < 4.78 is 24.5. The van der Waals surface area contributed by atoms with Crippen molar-refractivity contribution < 1.29 is 18.6 Å². The van der Waals surface area contributed by atoms with E-state index < -0.39 is 0 Å². The Balaban J connectivity index is 1.26. The van der Waals surface area contributed by atoms with Gasteiger partial charge in [-0.2, -0.15) is 0 Å². The van der Waals surface area contributed by atoms with Gasteiger partial charge in [0.15, 0.2) is 0 Å². The highest BCUT2D eigenvalue weighted by Gasteiger charge is 2.47. The van der Waals surface area contributed by atoms with Crippen LogP contribution in [0.4, 0.5) is 0 Å². The van der Waals surface area contributed by atoms with Crippen molar-refractivity contribution in [1.29, 1.82) is 0 Å². The Morgan fingerprint density at radius 2 is 1.04 bits per heavy atom. The van der Waals surface area contributed by atoms with E-state index in [1.807, 2.05) is 36.5 Å². The molecule has 3 aliphatic carbocycles. The maximum Gasteiger partial charge on any atom is 0.502 e. The Labute approximate surface area is 142 Å². The van der Waals surface area contributed by atoms with Crippen LogP contribution in [0.2, 0.25) is 0 Å². The van der Waals surface area contributed by atoms with E-state index in [4.69, 9.17) is 18.6 Å². The van der Waals surface area contributed by atoms with Crippen molar-refractivity contribution in [3.05, 3.63) is 58.9 Å². The van der Waals surface area contributed by atoms with Gasteiger partial charge in [0.25, 0.3) is 0 Å². The van der Waals surface area contributed by atoms with Gasteiger partial charge in [-0.05, 0) is 37.8 Å². The van der Waals surface area contributed by atoms with Gasteiger partial charge in [0.1, 0.15) is 0 Å². The van der Waals surface area contributed by atoms with E-state index >= 15 is 0 Å². The topological polar surface area (TPSA) is 36.9 Å². The Bertz CT molecular complexity index is 641. The molecule has 1 saturated carbocycles. The Hall–Kier alpha value is -1.51. The number of rotatable bonds is 2. The molecule has 120 valence electrons. The van der Waals surface area contributed by atoms with Crippen LogP contribution in [0, 0.1) is 0 Å². The minimum absolute atomic E-state index is 0.132. The molecule has 0 amide bonds. The molecule has 4 atom stereocenters. The Morgan fingerprint density at radius 1 is 0.667 bits per heavy atom. The zero-order valence-corrected chi connectivity index (χ0v) is 13.4. The van der Waals surface area contributed by atoms with Crippen LogP contribution in [0.15, 0.2) is 58.9 Å². The van der Waals surface area contributed by atoms with Gasteiger partial charge in [-0.1, -0.05) is 24.3 Å². The van der Waals surface area contributed by atoms with Gasteiger partial charge in [0.05, 0.1) is 24.4 Å². The Morgan fingerprint density at radius 3 is 1.33 bits per heavy atom. The average Bonchev–Trinajstić information content (AvgIpc) is 3.36. The number of hydrogen-bond donors (Lipinski definition) is 0. The van der Waals surface area contributed by atoms with Gasteiger partial charge >= 0.3 is 14.2 Å². The molecule has 0 unspecified atom stereocenters. The van der Waals surface area contributed by atoms with Crippen LogP contribution in [0.1, 0.15) is 25.7 Å². The predicted molar refractivity (Wildman–Crippen MR) is 90.9 cm³/mol. The number of fused-ring (bicyclic) bond motifs is 2. The summed E-state index contributed by atoms with van der Waals surface area (Å²) in [7, 11) is -0.553. The molecular formula is C18H18B2O4. The summed E-state index contributed by atoms with van der Waals surface area (Å²) in [5.74, 6) is 0. The predicted octanol–water partition coefficient (Wildman–Crippen LogP) is 2.49. The van der Waals surface area contributed by atoms with E-state index in [0.717, 1.165) is 36.6 Å². The fourth-order valence-corrected chi connectivity index (χ4v) is 4.00. The third-order valence-corrected chi connectivity index (χ3v) is 5.25. The lowest BCUT2D eigenvalue weighted by molar-refractivity contribution is 0.0620. The summed E-state index contributed by atoms with van der Waals surface area (Å²) in [4.78, 5) is 0. The minimum atomic E-state index is -0.276. The molecule has 4 nitrogen and oxygen atoms in total. The van der Waals surface area contributed by atoms with E-state index in [2.05, 4.69) is 11.5 Å². The summed E-state index contributed by atoms with van der Waals surface area (Å²) in [6.45, 7) is 0. The van der Waals surface area contributed by atoms with Gasteiger partial charge in [-0.25, -0.2) is 0 Å². The van der Waals surface area contributed by atoms with Crippen molar-refractivity contribution in [3.8, 4) is 0 Å². The summed E-state index contributed by atoms with van der Waals surface area (Å²) >= 11 is 0. The first-order valence-electron chi connectivity index (χ1n) is 8.75. The van der Waals surface area contributed by atoms with Gasteiger partial charge in [-0.3, -0.25) is 0 Å². The first kappa shape index (κ1) is 14.8. The molecule has 0 spiro atoms. The molecule has 6 heteroatoms. The quantitative estimate of drug-likeness (QED) is 0.579. The summed E-state index contributed by atoms with van der Waals surface area (Å²) in [5, 5.41) is 0. The highest BCUT2D eigenvalue weighted by Crippen LogP contribution is 2.36. The van der Waals surface area contributed by atoms with Crippen LogP contribution in [0.25, 0.3) is 0 Å². The second-order valence-electron chi connectivity index (χ2n) is 6.77. The zero-order chi connectivity index (χ0) is 15.9. The molecule has 0 aromatic carbocycles. The lowest BCUT2D eigenvalue weighted by atomic mass is 9.79. The molecule has 5 rings (SSSR count). The minimum Gasteiger partial charge on any atom is -0.401 e. The smallest absolute Gasteiger partial charge is 0.401 e. The first-order chi connectivity index (χ1) is 11.9. The normalized spacial score (nSPS) is 36.7. The third kappa shape index (κ3) is 2.62. The average molecular weight is 320 g/mol. The van der Waals surface area contributed by atoms with Crippen molar-refractivity contribution in [1.82, 2.24) is 0 Å². The van der Waals surface area contributed by atoms with Crippen LogP contribution in [0.3, 0.4) is 0 Å². The highest BCUT2D eigenvalue weighted by atomic mass is 16.7. The molecule has 0 radical (unpaired) electrons. The van der Waals surface area contributed by atoms with Gasteiger partial charge in [0.2, 0.25) is 0 Å².